The Kier molecular flexibility index (Phi) is 5.08. The molecule has 4 heterocycles. The average molecular weight is 384 g/mol. The van der Waals surface area contributed by atoms with Crippen molar-refractivity contribution in [2.45, 2.75) is 44.1 Å². The lowest BCUT2D eigenvalue weighted by atomic mass is 10.2. The fourth-order valence-corrected chi connectivity index (χ4v) is 4.82. The molecule has 134 valence electrons. The van der Waals surface area contributed by atoms with Crippen molar-refractivity contribution < 1.29 is 0 Å². The molecule has 0 unspecified atom stereocenters. The van der Waals surface area contributed by atoms with Crippen molar-refractivity contribution in [3.63, 3.8) is 0 Å². The van der Waals surface area contributed by atoms with Crippen LogP contribution in [0.5, 0.6) is 0 Å². The van der Waals surface area contributed by atoms with E-state index in [2.05, 4.69) is 51.2 Å². The number of thioether (sulfide) groups is 1. The number of fused-ring (bicyclic) bond motifs is 1. The van der Waals surface area contributed by atoms with Gasteiger partial charge in [0, 0.05) is 40.5 Å². The van der Waals surface area contributed by atoms with Gasteiger partial charge in [-0.05, 0) is 31.5 Å². The SMILES string of the molecule is CCCc1cc(-c2nnc(SCc3cn4ccccc4n3)n2CC)cs1. The molecule has 0 radical (unpaired) electrons. The van der Waals surface area contributed by atoms with E-state index in [-0.39, 0.29) is 0 Å². The summed E-state index contributed by atoms with van der Waals surface area (Å²) in [5.41, 5.74) is 3.20. The number of imidazole rings is 1. The second-order valence-electron chi connectivity index (χ2n) is 6.09. The van der Waals surface area contributed by atoms with Gasteiger partial charge in [-0.2, -0.15) is 0 Å². The molecule has 5 nitrogen and oxygen atoms in total. The lowest BCUT2D eigenvalue weighted by molar-refractivity contribution is 0.687. The molecule has 0 aromatic carbocycles. The van der Waals surface area contributed by atoms with Crippen LogP contribution < -0.4 is 0 Å². The molecule has 0 N–H and O–H groups in total. The van der Waals surface area contributed by atoms with Crippen LogP contribution in [0.15, 0.2) is 47.2 Å². The lowest BCUT2D eigenvalue weighted by Crippen LogP contribution is -1.99. The standard InChI is InChI=1S/C19H21N5S2/c1-3-7-16-10-14(12-25-16)18-21-22-19(24(18)4-2)26-13-15-11-23-9-6-5-8-17(23)20-15/h5-6,8-12H,3-4,7,13H2,1-2H3. The molecule has 4 aromatic rings. The van der Waals surface area contributed by atoms with E-state index in [0.29, 0.717) is 0 Å². The van der Waals surface area contributed by atoms with Gasteiger partial charge in [-0.3, -0.25) is 0 Å². The summed E-state index contributed by atoms with van der Waals surface area (Å²) in [5, 5.41) is 12.0. The van der Waals surface area contributed by atoms with E-state index in [0.717, 1.165) is 41.0 Å². The minimum atomic E-state index is 0.782. The summed E-state index contributed by atoms with van der Waals surface area (Å²) >= 11 is 3.50. The molecule has 4 rings (SSSR count). The minimum Gasteiger partial charge on any atom is -0.307 e. The summed E-state index contributed by atoms with van der Waals surface area (Å²) in [6.45, 7) is 5.21. The fourth-order valence-electron chi connectivity index (χ4n) is 2.96. The number of rotatable bonds is 7. The first-order chi connectivity index (χ1) is 12.8. The van der Waals surface area contributed by atoms with Crippen LogP contribution in [0.3, 0.4) is 0 Å². The Bertz CT molecular complexity index is 981. The summed E-state index contributed by atoms with van der Waals surface area (Å²) in [7, 11) is 0. The van der Waals surface area contributed by atoms with Crippen LogP contribution in [0.2, 0.25) is 0 Å². The molecule has 0 spiro atoms. The van der Waals surface area contributed by atoms with E-state index in [1.807, 2.05) is 40.1 Å². The Labute approximate surface area is 161 Å². The van der Waals surface area contributed by atoms with E-state index >= 15 is 0 Å². The third kappa shape index (κ3) is 3.41. The third-order valence-electron chi connectivity index (χ3n) is 4.20. The summed E-state index contributed by atoms with van der Waals surface area (Å²) in [6, 6.07) is 8.29. The molecule has 0 aliphatic rings. The Hall–Kier alpha value is -2.12. The Morgan fingerprint density at radius 3 is 2.92 bits per heavy atom. The molecular formula is C19H21N5S2. The van der Waals surface area contributed by atoms with Crippen molar-refractivity contribution in [2.24, 2.45) is 0 Å². The highest BCUT2D eigenvalue weighted by Gasteiger charge is 2.15. The van der Waals surface area contributed by atoms with Gasteiger partial charge in [0.15, 0.2) is 11.0 Å². The molecule has 0 atom stereocenters. The zero-order valence-corrected chi connectivity index (χ0v) is 16.6. The van der Waals surface area contributed by atoms with Crippen molar-refractivity contribution in [3.05, 3.63) is 52.6 Å². The normalized spacial score (nSPS) is 11.5. The van der Waals surface area contributed by atoms with Crippen molar-refractivity contribution in [3.8, 4) is 11.4 Å². The molecule has 4 aromatic heterocycles. The van der Waals surface area contributed by atoms with Crippen LogP contribution in [0.1, 0.15) is 30.8 Å². The summed E-state index contributed by atoms with van der Waals surface area (Å²) in [5.74, 6) is 1.74. The van der Waals surface area contributed by atoms with Gasteiger partial charge in [-0.15, -0.1) is 21.5 Å². The number of aryl methyl sites for hydroxylation is 1. The zero-order chi connectivity index (χ0) is 17.9. The third-order valence-corrected chi connectivity index (χ3v) is 6.20. The first-order valence-corrected chi connectivity index (χ1v) is 10.7. The number of nitrogens with zero attached hydrogens (tertiary/aromatic N) is 5. The van der Waals surface area contributed by atoms with Crippen LogP contribution in [0.4, 0.5) is 0 Å². The molecule has 0 amide bonds. The second-order valence-corrected chi connectivity index (χ2v) is 8.03. The molecule has 0 aliphatic heterocycles. The molecule has 0 bridgehead atoms. The fraction of sp³-hybridized carbons (Fsp3) is 0.316. The van der Waals surface area contributed by atoms with Crippen molar-refractivity contribution >= 4 is 28.7 Å². The predicted octanol–water partition coefficient (Wildman–Crippen LogP) is 4.92. The highest BCUT2D eigenvalue weighted by Crippen LogP contribution is 2.29. The minimum absolute atomic E-state index is 0.782. The summed E-state index contributed by atoms with van der Waals surface area (Å²) in [4.78, 5) is 6.07. The molecule has 7 heteroatoms. The Morgan fingerprint density at radius 1 is 1.19 bits per heavy atom. The molecule has 0 saturated heterocycles. The van der Waals surface area contributed by atoms with E-state index in [9.17, 15) is 0 Å². The molecule has 0 aliphatic carbocycles. The van der Waals surface area contributed by atoms with Gasteiger partial charge in [0.2, 0.25) is 0 Å². The van der Waals surface area contributed by atoms with Crippen molar-refractivity contribution in [1.82, 2.24) is 24.1 Å². The zero-order valence-electron chi connectivity index (χ0n) is 14.9. The molecule has 26 heavy (non-hydrogen) atoms. The largest absolute Gasteiger partial charge is 0.307 e. The van der Waals surface area contributed by atoms with E-state index < -0.39 is 0 Å². The first kappa shape index (κ1) is 17.3. The number of pyridine rings is 1. The maximum absolute atomic E-state index is 4.66. The number of hydrogen-bond donors (Lipinski definition) is 0. The maximum atomic E-state index is 4.66. The van der Waals surface area contributed by atoms with Crippen LogP contribution in [-0.2, 0) is 18.7 Å². The van der Waals surface area contributed by atoms with Crippen LogP contribution in [-0.4, -0.2) is 24.1 Å². The van der Waals surface area contributed by atoms with Gasteiger partial charge in [-0.1, -0.05) is 31.2 Å². The first-order valence-electron chi connectivity index (χ1n) is 8.85. The lowest BCUT2D eigenvalue weighted by Gasteiger charge is -2.05. The maximum Gasteiger partial charge on any atom is 0.191 e. The number of aromatic nitrogens is 5. The number of hydrogen-bond acceptors (Lipinski definition) is 5. The Balaban J connectivity index is 1.54. The second kappa shape index (κ2) is 7.63. The van der Waals surface area contributed by atoms with E-state index in [1.54, 1.807) is 11.8 Å². The van der Waals surface area contributed by atoms with Crippen LogP contribution in [0.25, 0.3) is 17.0 Å². The van der Waals surface area contributed by atoms with Crippen LogP contribution >= 0.6 is 23.1 Å². The van der Waals surface area contributed by atoms with E-state index in [4.69, 9.17) is 0 Å². The van der Waals surface area contributed by atoms with Crippen molar-refractivity contribution in [2.75, 3.05) is 0 Å². The van der Waals surface area contributed by atoms with Crippen molar-refractivity contribution in [1.29, 1.82) is 0 Å². The van der Waals surface area contributed by atoms with Gasteiger partial charge in [0.05, 0.1) is 5.69 Å². The highest BCUT2D eigenvalue weighted by atomic mass is 32.2. The van der Waals surface area contributed by atoms with Gasteiger partial charge in [0.1, 0.15) is 5.65 Å². The average Bonchev–Trinajstić information content (AvgIpc) is 3.37. The molecule has 0 saturated carbocycles. The van der Waals surface area contributed by atoms with Crippen LogP contribution in [0, 0.1) is 0 Å². The number of thiophene rings is 1. The summed E-state index contributed by atoms with van der Waals surface area (Å²) in [6.07, 6.45) is 6.39. The molecule has 0 fully saturated rings. The summed E-state index contributed by atoms with van der Waals surface area (Å²) < 4.78 is 4.24. The van der Waals surface area contributed by atoms with Gasteiger partial charge >= 0.3 is 0 Å². The van der Waals surface area contributed by atoms with Gasteiger partial charge < -0.3 is 8.97 Å². The molecular weight excluding hydrogens is 362 g/mol. The van der Waals surface area contributed by atoms with E-state index in [1.165, 1.54) is 16.9 Å². The Morgan fingerprint density at radius 2 is 2.12 bits per heavy atom. The topological polar surface area (TPSA) is 48.0 Å². The smallest absolute Gasteiger partial charge is 0.191 e. The monoisotopic (exact) mass is 383 g/mol. The quantitative estimate of drug-likeness (QED) is 0.425. The highest BCUT2D eigenvalue weighted by molar-refractivity contribution is 7.98. The van der Waals surface area contributed by atoms with Gasteiger partial charge in [-0.25, -0.2) is 4.98 Å². The predicted molar refractivity (Wildman–Crippen MR) is 108 cm³/mol. The van der Waals surface area contributed by atoms with Gasteiger partial charge in [0.25, 0.3) is 0 Å².